The number of halogens is 1. The number of hydrogen-bond acceptors (Lipinski definition) is 4. The molecule has 130 valence electrons. The summed E-state index contributed by atoms with van der Waals surface area (Å²) in [6.45, 7) is 0.536. The number of rotatable bonds is 5. The van der Waals surface area contributed by atoms with E-state index in [9.17, 15) is 4.79 Å². The average Bonchev–Trinajstić information content (AvgIpc) is 2.65. The molecule has 3 rings (SSSR count). The number of ether oxygens (including phenoxy) is 3. The molecule has 0 unspecified atom stereocenters. The zero-order valence-electron chi connectivity index (χ0n) is 14.0. The van der Waals surface area contributed by atoms with E-state index < -0.39 is 0 Å². The van der Waals surface area contributed by atoms with Gasteiger partial charge in [0, 0.05) is 22.7 Å². The third-order valence-corrected chi connectivity index (χ3v) is 4.14. The molecule has 1 aliphatic heterocycles. The molecular weight excluding hydrogens is 342 g/mol. The Morgan fingerprint density at radius 1 is 1.20 bits per heavy atom. The number of carbonyl (C=O) groups excluding carboxylic acids is 1. The topological polar surface area (TPSA) is 56.8 Å². The Balaban J connectivity index is 1.73. The third kappa shape index (κ3) is 3.88. The predicted octanol–water partition coefficient (Wildman–Crippen LogP) is 3.45. The number of benzene rings is 2. The maximum Gasteiger partial charge on any atom is 0.250 e. The fraction of sp³-hybridized carbons (Fsp3) is 0.211. The largest absolute Gasteiger partial charge is 0.497 e. The monoisotopic (exact) mass is 359 g/mol. The molecule has 0 aliphatic carbocycles. The van der Waals surface area contributed by atoms with Crippen molar-refractivity contribution in [3.63, 3.8) is 0 Å². The van der Waals surface area contributed by atoms with Gasteiger partial charge in [0.1, 0.15) is 23.9 Å². The lowest BCUT2D eigenvalue weighted by molar-refractivity contribution is -0.117. The van der Waals surface area contributed by atoms with Crippen LogP contribution in [0.15, 0.2) is 42.0 Å². The number of amides is 1. The molecule has 0 bridgehead atoms. The molecule has 1 N–H and O–H groups in total. The van der Waals surface area contributed by atoms with Crippen LogP contribution in [0.5, 0.6) is 17.2 Å². The van der Waals surface area contributed by atoms with Crippen LogP contribution in [0.4, 0.5) is 0 Å². The summed E-state index contributed by atoms with van der Waals surface area (Å²) in [5.41, 5.74) is 2.16. The summed E-state index contributed by atoms with van der Waals surface area (Å²) >= 11 is 6.00. The standard InChI is InChI=1S/C19H18ClNO4/c1-23-16-4-6-17(24-2)13(9-16)10-21-19(22)14-7-12-8-15(20)3-5-18(12)25-11-14/h3-9H,10-11H2,1-2H3,(H,21,22). The molecule has 0 aromatic heterocycles. The van der Waals surface area contributed by atoms with Gasteiger partial charge in [0.15, 0.2) is 0 Å². The molecule has 0 fully saturated rings. The fourth-order valence-electron chi connectivity index (χ4n) is 2.59. The Bertz CT molecular complexity index is 832. The van der Waals surface area contributed by atoms with Crippen molar-refractivity contribution >= 4 is 23.6 Å². The van der Waals surface area contributed by atoms with Crippen molar-refractivity contribution in [3.8, 4) is 17.2 Å². The Kier molecular flexibility index (Phi) is 5.14. The van der Waals surface area contributed by atoms with Crippen LogP contribution in [-0.4, -0.2) is 26.7 Å². The summed E-state index contributed by atoms with van der Waals surface area (Å²) in [6.07, 6.45) is 1.79. The van der Waals surface area contributed by atoms with Gasteiger partial charge in [0.25, 0.3) is 5.91 Å². The molecule has 0 spiro atoms. The minimum absolute atomic E-state index is 0.199. The number of hydrogen-bond donors (Lipinski definition) is 1. The van der Waals surface area contributed by atoms with Crippen molar-refractivity contribution in [2.24, 2.45) is 0 Å². The zero-order chi connectivity index (χ0) is 17.8. The number of carbonyl (C=O) groups is 1. The van der Waals surface area contributed by atoms with Crippen LogP contribution in [0.1, 0.15) is 11.1 Å². The smallest absolute Gasteiger partial charge is 0.250 e. The Hall–Kier alpha value is -2.66. The van der Waals surface area contributed by atoms with Crippen LogP contribution in [0.25, 0.3) is 6.08 Å². The van der Waals surface area contributed by atoms with Gasteiger partial charge in [0.2, 0.25) is 0 Å². The molecule has 2 aromatic carbocycles. The molecule has 25 heavy (non-hydrogen) atoms. The normalized spacial score (nSPS) is 12.5. The minimum Gasteiger partial charge on any atom is -0.497 e. The third-order valence-electron chi connectivity index (χ3n) is 3.90. The first-order valence-electron chi connectivity index (χ1n) is 7.72. The Morgan fingerprint density at radius 3 is 2.80 bits per heavy atom. The van der Waals surface area contributed by atoms with Gasteiger partial charge in [0.05, 0.1) is 19.8 Å². The van der Waals surface area contributed by atoms with Crippen LogP contribution in [0.2, 0.25) is 5.02 Å². The van der Waals surface area contributed by atoms with Crippen molar-refractivity contribution in [1.29, 1.82) is 0 Å². The van der Waals surface area contributed by atoms with E-state index in [1.54, 1.807) is 38.5 Å². The van der Waals surface area contributed by atoms with Gasteiger partial charge >= 0.3 is 0 Å². The molecule has 0 saturated carbocycles. The van der Waals surface area contributed by atoms with Crippen molar-refractivity contribution in [1.82, 2.24) is 5.32 Å². The highest BCUT2D eigenvalue weighted by Crippen LogP contribution is 2.29. The van der Waals surface area contributed by atoms with Gasteiger partial charge in [-0.3, -0.25) is 4.79 Å². The molecular formula is C19H18ClNO4. The number of fused-ring (bicyclic) bond motifs is 1. The van der Waals surface area contributed by atoms with Gasteiger partial charge in [-0.2, -0.15) is 0 Å². The summed E-state index contributed by atoms with van der Waals surface area (Å²) < 4.78 is 16.2. The maximum atomic E-state index is 12.5. The van der Waals surface area contributed by atoms with Crippen LogP contribution in [0, 0.1) is 0 Å². The fourth-order valence-corrected chi connectivity index (χ4v) is 2.77. The molecule has 1 amide bonds. The van der Waals surface area contributed by atoms with Gasteiger partial charge in [-0.1, -0.05) is 11.6 Å². The highest BCUT2D eigenvalue weighted by molar-refractivity contribution is 6.30. The molecule has 6 heteroatoms. The molecule has 0 radical (unpaired) electrons. The summed E-state index contributed by atoms with van der Waals surface area (Å²) in [5.74, 6) is 1.91. The SMILES string of the molecule is COc1ccc(OC)c(CNC(=O)C2=Cc3cc(Cl)ccc3OC2)c1. The molecule has 2 aromatic rings. The van der Waals surface area contributed by atoms with Crippen LogP contribution < -0.4 is 19.5 Å². The first-order chi connectivity index (χ1) is 12.1. The second-order valence-electron chi connectivity index (χ2n) is 5.50. The summed E-state index contributed by atoms with van der Waals surface area (Å²) in [5, 5.41) is 3.48. The average molecular weight is 360 g/mol. The van der Waals surface area contributed by atoms with Crippen molar-refractivity contribution in [2.75, 3.05) is 20.8 Å². The maximum absolute atomic E-state index is 12.5. The van der Waals surface area contributed by atoms with E-state index in [0.29, 0.717) is 28.6 Å². The highest BCUT2D eigenvalue weighted by Gasteiger charge is 2.18. The van der Waals surface area contributed by atoms with Gasteiger partial charge in [-0.15, -0.1) is 0 Å². The van der Waals surface area contributed by atoms with Crippen LogP contribution in [-0.2, 0) is 11.3 Å². The molecule has 0 atom stereocenters. The van der Waals surface area contributed by atoms with Gasteiger partial charge in [-0.05, 0) is 42.5 Å². The summed E-state index contributed by atoms with van der Waals surface area (Å²) in [4.78, 5) is 12.5. The lowest BCUT2D eigenvalue weighted by atomic mass is 10.1. The van der Waals surface area contributed by atoms with E-state index in [2.05, 4.69) is 5.32 Å². The zero-order valence-corrected chi connectivity index (χ0v) is 14.7. The van der Waals surface area contributed by atoms with E-state index in [4.69, 9.17) is 25.8 Å². The molecule has 1 aliphatic rings. The van der Waals surface area contributed by atoms with Crippen molar-refractivity contribution in [3.05, 3.63) is 58.1 Å². The summed E-state index contributed by atoms with van der Waals surface area (Å²) in [7, 11) is 3.18. The van der Waals surface area contributed by atoms with Gasteiger partial charge in [-0.25, -0.2) is 0 Å². The highest BCUT2D eigenvalue weighted by atomic mass is 35.5. The molecule has 1 heterocycles. The number of nitrogens with one attached hydrogen (secondary N) is 1. The lowest BCUT2D eigenvalue weighted by Crippen LogP contribution is -2.28. The van der Waals surface area contributed by atoms with E-state index in [1.807, 2.05) is 18.2 Å². The Morgan fingerprint density at radius 2 is 2.04 bits per heavy atom. The quantitative estimate of drug-likeness (QED) is 0.888. The van der Waals surface area contributed by atoms with E-state index in [-0.39, 0.29) is 12.5 Å². The minimum atomic E-state index is -0.199. The van der Waals surface area contributed by atoms with E-state index in [1.165, 1.54) is 0 Å². The van der Waals surface area contributed by atoms with Gasteiger partial charge < -0.3 is 19.5 Å². The lowest BCUT2D eigenvalue weighted by Gasteiger charge is -2.18. The Labute approximate surface area is 151 Å². The van der Waals surface area contributed by atoms with Crippen molar-refractivity contribution in [2.45, 2.75) is 6.54 Å². The first-order valence-corrected chi connectivity index (χ1v) is 8.10. The number of methoxy groups -OCH3 is 2. The second kappa shape index (κ2) is 7.49. The van der Waals surface area contributed by atoms with Crippen molar-refractivity contribution < 1.29 is 19.0 Å². The summed E-state index contributed by atoms with van der Waals surface area (Å²) in [6, 6.07) is 10.8. The second-order valence-corrected chi connectivity index (χ2v) is 5.94. The van der Waals surface area contributed by atoms with E-state index in [0.717, 1.165) is 16.9 Å². The van der Waals surface area contributed by atoms with E-state index >= 15 is 0 Å². The first kappa shape index (κ1) is 17.2. The van der Waals surface area contributed by atoms with Crippen LogP contribution >= 0.6 is 11.6 Å². The predicted molar refractivity (Wildman–Crippen MR) is 96.3 cm³/mol. The molecule has 0 saturated heterocycles. The molecule has 5 nitrogen and oxygen atoms in total. The van der Waals surface area contributed by atoms with Crippen LogP contribution in [0.3, 0.4) is 0 Å².